The molecule has 8 heteroatoms. The number of pyridine rings is 1. The van der Waals surface area contributed by atoms with Crippen LogP contribution in [-0.2, 0) is 13.6 Å². The monoisotopic (exact) mass is 369 g/mol. The Labute approximate surface area is 153 Å². The summed E-state index contributed by atoms with van der Waals surface area (Å²) in [5, 5.41) is 9.82. The van der Waals surface area contributed by atoms with Crippen LogP contribution in [0.1, 0.15) is 27.7 Å². The molecule has 0 fully saturated rings. The summed E-state index contributed by atoms with van der Waals surface area (Å²) in [6, 6.07) is 6.98. The van der Waals surface area contributed by atoms with Gasteiger partial charge < -0.3 is 14.2 Å². The summed E-state index contributed by atoms with van der Waals surface area (Å²) >= 11 is 6.50. The number of aromatic carboxylic acids is 1. The lowest BCUT2D eigenvalue weighted by Crippen LogP contribution is -2.06. The Hall–Kier alpha value is -2.93. The fourth-order valence-corrected chi connectivity index (χ4v) is 3.31. The molecule has 0 aliphatic rings. The smallest absolute Gasteiger partial charge is 0.354 e. The van der Waals surface area contributed by atoms with Gasteiger partial charge >= 0.3 is 5.97 Å². The molecule has 3 aromatic heterocycles. The Morgan fingerprint density at radius 3 is 2.58 bits per heavy atom. The number of aromatic nitrogens is 5. The minimum atomic E-state index is -1.07. The van der Waals surface area contributed by atoms with Gasteiger partial charge in [-0.1, -0.05) is 11.6 Å². The zero-order valence-electron chi connectivity index (χ0n) is 14.5. The predicted molar refractivity (Wildman–Crippen MR) is 98.8 cm³/mol. The molecule has 0 radical (unpaired) electrons. The average Bonchev–Trinajstić information content (AvgIpc) is 3.05. The third-order valence-corrected chi connectivity index (χ3v) is 4.96. The maximum Gasteiger partial charge on any atom is 0.354 e. The van der Waals surface area contributed by atoms with Crippen molar-refractivity contribution in [1.82, 2.24) is 24.1 Å². The van der Waals surface area contributed by atoms with Gasteiger partial charge in [0.2, 0.25) is 0 Å². The molecule has 0 amide bonds. The Morgan fingerprint density at radius 2 is 1.85 bits per heavy atom. The first kappa shape index (κ1) is 16.5. The van der Waals surface area contributed by atoms with E-state index in [2.05, 4.69) is 15.0 Å². The number of halogens is 1. The van der Waals surface area contributed by atoms with Crippen LogP contribution in [-0.4, -0.2) is 35.2 Å². The highest BCUT2D eigenvalue weighted by Gasteiger charge is 2.15. The van der Waals surface area contributed by atoms with Gasteiger partial charge in [-0.3, -0.25) is 0 Å². The Bertz CT molecular complexity index is 1190. The molecule has 0 aliphatic heterocycles. The first-order chi connectivity index (χ1) is 12.3. The van der Waals surface area contributed by atoms with Crippen molar-refractivity contribution in [2.45, 2.75) is 20.4 Å². The molecule has 0 bridgehead atoms. The maximum absolute atomic E-state index is 11.2. The van der Waals surface area contributed by atoms with Gasteiger partial charge in [-0.05, 0) is 43.7 Å². The number of carboxylic acid groups (broad SMARTS) is 1. The van der Waals surface area contributed by atoms with E-state index < -0.39 is 5.97 Å². The van der Waals surface area contributed by atoms with E-state index in [9.17, 15) is 9.90 Å². The zero-order valence-corrected chi connectivity index (χ0v) is 15.2. The van der Waals surface area contributed by atoms with Crippen LogP contribution in [0.2, 0.25) is 5.02 Å². The van der Waals surface area contributed by atoms with E-state index in [4.69, 9.17) is 11.6 Å². The average molecular weight is 370 g/mol. The molecule has 4 rings (SSSR count). The number of hydrogen-bond acceptors (Lipinski definition) is 4. The van der Waals surface area contributed by atoms with Crippen molar-refractivity contribution in [1.29, 1.82) is 0 Å². The van der Waals surface area contributed by atoms with Crippen LogP contribution in [0.5, 0.6) is 0 Å². The van der Waals surface area contributed by atoms with Crippen LogP contribution < -0.4 is 0 Å². The van der Waals surface area contributed by atoms with E-state index in [1.807, 2.05) is 42.2 Å². The molecule has 0 saturated heterocycles. The van der Waals surface area contributed by atoms with Crippen LogP contribution in [0.25, 0.3) is 22.2 Å². The van der Waals surface area contributed by atoms with Crippen LogP contribution in [0.15, 0.2) is 24.3 Å². The van der Waals surface area contributed by atoms with E-state index in [-0.39, 0.29) is 5.69 Å². The molecular formula is C18H16ClN5O2. The lowest BCUT2D eigenvalue weighted by atomic mass is 10.2. The molecule has 1 N–H and O–H groups in total. The van der Waals surface area contributed by atoms with Crippen LogP contribution in [0, 0.1) is 13.8 Å². The van der Waals surface area contributed by atoms with Crippen LogP contribution in [0.4, 0.5) is 0 Å². The first-order valence-corrected chi connectivity index (χ1v) is 8.41. The van der Waals surface area contributed by atoms with Gasteiger partial charge in [-0.15, -0.1) is 0 Å². The summed E-state index contributed by atoms with van der Waals surface area (Å²) in [7, 11) is 1.95. The summed E-state index contributed by atoms with van der Waals surface area (Å²) in [4.78, 5) is 24.5. The number of carboxylic acids is 1. The van der Waals surface area contributed by atoms with Crippen molar-refractivity contribution in [2.75, 3.05) is 0 Å². The maximum atomic E-state index is 11.2. The van der Waals surface area contributed by atoms with Gasteiger partial charge in [-0.2, -0.15) is 0 Å². The Morgan fingerprint density at radius 1 is 1.12 bits per heavy atom. The molecule has 7 nitrogen and oxygen atoms in total. The summed E-state index contributed by atoms with van der Waals surface area (Å²) in [5.74, 6) is 0.578. The van der Waals surface area contributed by atoms with Gasteiger partial charge in [-0.25, -0.2) is 19.7 Å². The zero-order chi connectivity index (χ0) is 18.6. The van der Waals surface area contributed by atoms with Gasteiger partial charge in [0.25, 0.3) is 0 Å². The van der Waals surface area contributed by atoms with E-state index in [1.54, 1.807) is 6.07 Å². The van der Waals surface area contributed by atoms with Crippen molar-refractivity contribution in [3.63, 3.8) is 0 Å². The van der Waals surface area contributed by atoms with Crippen LogP contribution >= 0.6 is 11.6 Å². The number of rotatable bonds is 3. The van der Waals surface area contributed by atoms with Gasteiger partial charge in [0.1, 0.15) is 17.2 Å². The minimum absolute atomic E-state index is 0.0134. The molecule has 0 saturated carbocycles. The minimum Gasteiger partial charge on any atom is -0.477 e. The highest BCUT2D eigenvalue weighted by Crippen LogP contribution is 2.26. The Kier molecular flexibility index (Phi) is 3.69. The summed E-state index contributed by atoms with van der Waals surface area (Å²) in [6.45, 7) is 4.24. The quantitative estimate of drug-likeness (QED) is 0.598. The van der Waals surface area contributed by atoms with E-state index in [0.29, 0.717) is 22.7 Å². The third-order valence-electron chi connectivity index (χ3n) is 4.60. The van der Waals surface area contributed by atoms with Crippen molar-refractivity contribution in [3.05, 3.63) is 52.2 Å². The molecular weight excluding hydrogens is 354 g/mol. The molecule has 1 aromatic carbocycles. The number of benzene rings is 1. The molecule has 3 heterocycles. The van der Waals surface area contributed by atoms with Crippen molar-refractivity contribution < 1.29 is 9.90 Å². The number of fused-ring (bicyclic) bond motifs is 2. The molecule has 0 aliphatic carbocycles. The van der Waals surface area contributed by atoms with Gasteiger partial charge in [0, 0.05) is 12.1 Å². The van der Waals surface area contributed by atoms with E-state index >= 15 is 0 Å². The third kappa shape index (κ3) is 2.52. The van der Waals surface area contributed by atoms with Gasteiger partial charge in [0.15, 0.2) is 11.3 Å². The highest BCUT2D eigenvalue weighted by atomic mass is 35.5. The fourth-order valence-electron chi connectivity index (χ4n) is 3.09. The normalized spacial score (nSPS) is 11.5. The van der Waals surface area contributed by atoms with Crippen molar-refractivity contribution >= 4 is 39.8 Å². The second-order valence-corrected chi connectivity index (χ2v) is 6.65. The molecule has 132 valence electrons. The predicted octanol–water partition coefficient (Wildman–Crippen LogP) is 3.33. The van der Waals surface area contributed by atoms with Crippen molar-refractivity contribution in [2.24, 2.45) is 7.05 Å². The second kappa shape index (κ2) is 5.81. The summed E-state index contributed by atoms with van der Waals surface area (Å²) < 4.78 is 3.86. The van der Waals surface area contributed by atoms with E-state index in [1.165, 1.54) is 6.07 Å². The molecule has 0 unspecified atom stereocenters. The van der Waals surface area contributed by atoms with Crippen LogP contribution in [0.3, 0.4) is 0 Å². The molecule has 0 atom stereocenters. The van der Waals surface area contributed by atoms with Gasteiger partial charge in [0.05, 0.1) is 17.6 Å². The number of imidazole rings is 2. The highest BCUT2D eigenvalue weighted by molar-refractivity contribution is 6.32. The number of carbonyl (C=O) groups is 1. The number of aryl methyl sites for hydroxylation is 3. The number of hydrogen-bond donors (Lipinski definition) is 1. The lowest BCUT2D eigenvalue weighted by molar-refractivity contribution is 0.0691. The first-order valence-electron chi connectivity index (χ1n) is 8.04. The van der Waals surface area contributed by atoms with Crippen molar-refractivity contribution in [3.8, 4) is 0 Å². The number of nitrogens with zero attached hydrogens (tertiary/aromatic N) is 5. The topological polar surface area (TPSA) is 85.8 Å². The molecule has 26 heavy (non-hydrogen) atoms. The second-order valence-electron chi connectivity index (χ2n) is 6.24. The molecule has 4 aromatic rings. The summed E-state index contributed by atoms with van der Waals surface area (Å²) in [5.41, 5.74) is 3.87. The largest absolute Gasteiger partial charge is 0.477 e. The van der Waals surface area contributed by atoms with E-state index in [0.717, 1.165) is 28.2 Å². The molecule has 0 spiro atoms. The standard InChI is InChI=1S/C18H16ClN5O2/c1-9-20-15-6-11(12(19)7-16(15)23(9)3)8-24-10(2)21-13-4-5-14(18(25)26)22-17(13)24/h4-7H,8H2,1-3H3,(H,25,26). The lowest BCUT2D eigenvalue weighted by Gasteiger charge is -2.09. The SMILES string of the molecule is Cc1nc2cc(Cn3c(C)nc4ccc(C(=O)O)nc43)c(Cl)cc2n1C. The summed E-state index contributed by atoms with van der Waals surface area (Å²) in [6.07, 6.45) is 0. The fraction of sp³-hybridized carbons (Fsp3) is 0.222. The Balaban J connectivity index is 1.85.